The summed E-state index contributed by atoms with van der Waals surface area (Å²) in [7, 11) is 0. The van der Waals surface area contributed by atoms with Crippen molar-refractivity contribution in [2.45, 2.75) is 31.9 Å². The third-order valence-electron chi connectivity index (χ3n) is 2.90. The van der Waals surface area contributed by atoms with E-state index < -0.39 is 11.6 Å². The van der Waals surface area contributed by atoms with Crippen molar-refractivity contribution in [1.82, 2.24) is 0 Å². The minimum Gasteiger partial charge on any atom is -0.399 e. The summed E-state index contributed by atoms with van der Waals surface area (Å²) in [5.74, 6) is -1.30. The van der Waals surface area contributed by atoms with E-state index in [9.17, 15) is 8.78 Å². The van der Waals surface area contributed by atoms with Crippen LogP contribution in [0.15, 0.2) is 12.1 Å². The molecule has 0 radical (unpaired) electrons. The summed E-state index contributed by atoms with van der Waals surface area (Å²) < 4.78 is 32.5. The topological polar surface area (TPSA) is 47.3 Å². The highest BCUT2D eigenvalue weighted by molar-refractivity contribution is 5.54. The molecule has 3 N–H and O–H groups in total. The van der Waals surface area contributed by atoms with E-state index >= 15 is 0 Å². The maximum atomic E-state index is 13.5. The van der Waals surface area contributed by atoms with E-state index in [0.29, 0.717) is 6.61 Å². The fourth-order valence-electron chi connectivity index (χ4n) is 2.06. The summed E-state index contributed by atoms with van der Waals surface area (Å²) in [5, 5.41) is 2.89. The van der Waals surface area contributed by atoms with Gasteiger partial charge in [-0.2, -0.15) is 0 Å². The molecule has 1 fully saturated rings. The van der Waals surface area contributed by atoms with Crippen LogP contribution < -0.4 is 11.1 Å². The predicted molar refractivity (Wildman–Crippen MR) is 62.8 cm³/mol. The number of ether oxygens (including phenoxy) is 1. The van der Waals surface area contributed by atoms with Crippen molar-refractivity contribution in [2.75, 3.05) is 17.7 Å². The predicted octanol–water partition coefficient (Wildman–Crippen LogP) is 2.53. The van der Waals surface area contributed by atoms with Crippen molar-refractivity contribution >= 4 is 11.4 Å². The SMILES string of the molecule is CC1CC(Nc2c(F)cc(N)cc2F)CCO1. The van der Waals surface area contributed by atoms with Crippen molar-refractivity contribution < 1.29 is 13.5 Å². The van der Waals surface area contributed by atoms with E-state index in [-0.39, 0.29) is 23.5 Å². The van der Waals surface area contributed by atoms with Crippen LogP contribution in [0, 0.1) is 11.6 Å². The number of anilines is 2. The summed E-state index contributed by atoms with van der Waals surface area (Å²) >= 11 is 0. The lowest BCUT2D eigenvalue weighted by Gasteiger charge is -2.29. The Morgan fingerprint density at radius 2 is 2.00 bits per heavy atom. The number of hydrogen-bond acceptors (Lipinski definition) is 3. The van der Waals surface area contributed by atoms with E-state index in [2.05, 4.69) is 5.32 Å². The number of nitrogen functional groups attached to an aromatic ring is 1. The van der Waals surface area contributed by atoms with Gasteiger partial charge in [0.25, 0.3) is 0 Å². The second kappa shape index (κ2) is 4.87. The van der Waals surface area contributed by atoms with Crippen molar-refractivity contribution in [2.24, 2.45) is 0 Å². The first-order valence-corrected chi connectivity index (χ1v) is 5.69. The van der Waals surface area contributed by atoms with Gasteiger partial charge in [-0.25, -0.2) is 8.78 Å². The highest BCUT2D eigenvalue weighted by atomic mass is 19.1. The molecule has 1 aromatic rings. The standard InChI is InChI=1S/C12H16F2N2O/c1-7-4-9(2-3-17-7)16-12-10(13)5-8(15)6-11(12)14/h5-7,9,16H,2-4,15H2,1H3. The van der Waals surface area contributed by atoms with E-state index in [1.54, 1.807) is 0 Å². The molecule has 2 rings (SSSR count). The van der Waals surface area contributed by atoms with E-state index in [1.165, 1.54) is 0 Å². The Kier molecular flexibility index (Phi) is 3.47. The number of nitrogens with two attached hydrogens (primary N) is 1. The summed E-state index contributed by atoms with van der Waals surface area (Å²) in [6.45, 7) is 2.56. The van der Waals surface area contributed by atoms with E-state index in [1.807, 2.05) is 6.92 Å². The second-order valence-corrected chi connectivity index (χ2v) is 4.41. The van der Waals surface area contributed by atoms with Crippen LogP contribution in [0.4, 0.5) is 20.2 Å². The van der Waals surface area contributed by atoms with Gasteiger partial charge in [0.05, 0.1) is 6.10 Å². The molecule has 2 unspecified atom stereocenters. The molecule has 0 bridgehead atoms. The molecular formula is C12H16F2N2O. The van der Waals surface area contributed by atoms with Gasteiger partial charge < -0.3 is 15.8 Å². The zero-order valence-corrected chi connectivity index (χ0v) is 9.67. The molecule has 17 heavy (non-hydrogen) atoms. The Morgan fingerprint density at radius 3 is 2.59 bits per heavy atom. The zero-order valence-electron chi connectivity index (χ0n) is 9.67. The Hall–Kier alpha value is -1.36. The minimum absolute atomic E-state index is 0.0337. The lowest BCUT2D eigenvalue weighted by Crippen LogP contribution is -2.33. The molecule has 0 amide bonds. The first kappa shape index (κ1) is 12.1. The fraction of sp³-hybridized carbons (Fsp3) is 0.500. The lowest BCUT2D eigenvalue weighted by atomic mass is 10.0. The average molecular weight is 242 g/mol. The van der Waals surface area contributed by atoms with Crippen LogP contribution in [0.1, 0.15) is 19.8 Å². The maximum Gasteiger partial charge on any atom is 0.151 e. The first-order chi connectivity index (χ1) is 8.06. The third-order valence-corrected chi connectivity index (χ3v) is 2.90. The van der Waals surface area contributed by atoms with Crippen LogP contribution in [0.3, 0.4) is 0 Å². The van der Waals surface area contributed by atoms with Crippen molar-refractivity contribution in [1.29, 1.82) is 0 Å². The molecule has 1 saturated heterocycles. The van der Waals surface area contributed by atoms with Crippen molar-refractivity contribution in [3.05, 3.63) is 23.8 Å². The van der Waals surface area contributed by atoms with E-state index in [0.717, 1.165) is 25.0 Å². The Morgan fingerprint density at radius 1 is 1.35 bits per heavy atom. The van der Waals surface area contributed by atoms with Crippen LogP contribution in [-0.4, -0.2) is 18.8 Å². The second-order valence-electron chi connectivity index (χ2n) is 4.41. The lowest BCUT2D eigenvalue weighted by molar-refractivity contribution is 0.0231. The average Bonchev–Trinajstić information content (AvgIpc) is 2.23. The van der Waals surface area contributed by atoms with Crippen molar-refractivity contribution in [3.8, 4) is 0 Å². The number of benzene rings is 1. The third kappa shape index (κ3) is 2.85. The van der Waals surface area contributed by atoms with Crippen LogP contribution in [-0.2, 0) is 4.74 Å². The van der Waals surface area contributed by atoms with Gasteiger partial charge in [0, 0.05) is 18.3 Å². The van der Waals surface area contributed by atoms with Gasteiger partial charge in [-0.15, -0.1) is 0 Å². The van der Waals surface area contributed by atoms with Crippen LogP contribution in [0.2, 0.25) is 0 Å². The maximum absolute atomic E-state index is 13.5. The molecule has 0 saturated carbocycles. The first-order valence-electron chi connectivity index (χ1n) is 5.69. The minimum atomic E-state index is -0.651. The van der Waals surface area contributed by atoms with Crippen LogP contribution >= 0.6 is 0 Å². The van der Waals surface area contributed by atoms with Gasteiger partial charge in [0.2, 0.25) is 0 Å². The Labute approximate surface area is 98.9 Å². The normalized spacial score (nSPS) is 24.6. The molecule has 1 aliphatic rings. The van der Waals surface area contributed by atoms with Crippen LogP contribution in [0.25, 0.3) is 0 Å². The number of halogens is 2. The van der Waals surface area contributed by atoms with Gasteiger partial charge in [-0.05, 0) is 31.9 Å². The van der Waals surface area contributed by atoms with Gasteiger partial charge in [-0.3, -0.25) is 0 Å². The molecule has 5 heteroatoms. The van der Waals surface area contributed by atoms with Gasteiger partial charge in [-0.1, -0.05) is 0 Å². The molecule has 1 aromatic carbocycles. The summed E-state index contributed by atoms with van der Waals surface area (Å²) in [5.41, 5.74) is 5.35. The van der Waals surface area contributed by atoms with Crippen LogP contribution in [0.5, 0.6) is 0 Å². The number of rotatable bonds is 2. The Bertz CT molecular complexity index is 388. The molecule has 0 spiro atoms. The molecule has 1 heterocycles. The molecule has 94 valence electrons. The molecule has 3 nitrogen and oxygen atoms in total. The quantitative estimate of drug-likeness (QED) is 0.783. The smallest absolute Gasteiger partial charge is 0.151 e. The highest BCUT2D eigenvalue weighted by Crippen LogP contribution is 2.25. The number of nitrogens with one attached hydrogen (secondary N) is 1. The summed E-state index contributed by atoms with van der Waals surface area (Å²) in [4.78, 5) is 0. The highest BCUT2D eigenvalue weighted by Gasteiger charge is 2.21. The fourth-order valence-corrected chi connectivity index (χ4v) is 2.06. The van der Waals surface area contributed by atoms with Gasteiger partial charge >= 0.3 is 0 Å². The monoisotopic (exact) mass is 242 g/mol. The van der Waals surface area contributed by atoms with Gasteiger partial charge in [0.1, 0.15) is 5.69 Å². The molecule has 0 aliphatic carbocycles. The molecule has 1 aliphatic heterocycles. The number of hydrogen-bond donors (Lipinski definition) is 2. The molecular weight excluding hydrogens is 226 g/mol. The van der Waals surface area contributed by atoms with Crippen molar-refractivity contribution in [3.63, 3.8) is 0 Å². The zero-order chi connectivity index (χ0) is 12.4. The Balaban J connectivity index is 2.12. The molecule has 2 atom stereocenters. The van der Waals surface area contributed by atoms with Gasteiger partial charge in [0.15, 0.2) is 11.6 Å². The molecule has 0 aromatic heterocycles. The largest absolute Gasteiger partial charge is 0.399 e. The van der Waals surface area contributed by atoms with E-state index in [4.69, 9.17) is 10.5 Å². The summed E-state index contributed by atoms with van der Waals surface area (Å²) in [6, 6.07) is 2.27. The summed E-state index contributed by atoms with van der Waals surface area (Å²) in [6.07, 6.45) is 1.60.